The van der Waals surface area contributed by atoms with Gasteiger partial charge >= 0.3 is 5.97 Å². The van der Waals surface area contributed by atoms with E-state index in [9.17, 15) is 9.18 Å². The van der Waals surface area contributed by atoms with Crippen LogP contribution in [0, 0.1) is 11.7 Å². The number of carboxylic acid groups (broad SMARTS) is 1. The number of aromatic carboxylic acids is 1. The van der Waals surface area contributed by atoms with E-state index in [0.717, 1.165) is 19.3 Å². The van der Waals surface area contributed by atoms with Gasteiger partial charge in [0.2, 0.25) is 0 Å². The maximum atomic E-state index is 14.1. The monoisotopic (exact) mass is 266 g/mol. The van der Waals surface area contributed by atoms with Crippen LogP contribution in [-0.4, -0.2) is 29.1 Å². The fourth-order valence-electron chi connectivity index (χ4n) is 2.77. The lowest BCUT2D eigenvalue weighted by molar-refractivity contribution is 0.0691. The van der Waals surface area contributed by atoms with Gasteiger partial charge in [0.1, 0.15) is 5.56 Å². The van der Waals surface area contributed by atoms with Gasteiger partial charge in [-0.2, -0.15) is 0 Å². The molecule has 1 aromatic rings. The fourth-order valence-corrected chi connectivity index (χ4v) is 2.77. The minimum atomic E-state index is -1.26. The lowest BCUT2D eigenvalue weighted by atomic mass is 9.86. The lowest BCUT2D eigenvalue weighted by Gasteiger charge is -2.35. The SMILES string of the molecule is CC1CCCC(N(C)c2nccc(C(=O)O)c2F)C1. The van der Waals surface area contributed by atoms with Crippen molar-refractivity contribution in [2.75, 3.05) is 11.9 Å². The first-order chi connectivity index (χ1) is 9.00. The first-order valence-corrected chi connectivity index (χ1v) is 6.61. The first kappa shape index (κ1) is 13.8. The molecule has 1 N–H and O–H groups in total. The zero-order chi connectivity index (χ0) is 14.0. The average molecular weight is 266 g/mol. The highest BCUT2D eigenvalue weighted by atomic mass is 19.1. The third kappa shape index (κ3) is 2.85. The number of aromatic nitrogens is 1. The molecule has 0 saturated heterocycles. The maximum absolute atomic E-state index is 14.1. The minimum absolute atomic E-state index is 0.138. The van der Waals surface area contributed by atoms with Crippen molar-refractivity contribution in [1.82, 2.24) is 4.98 Å². The van der Waals surface area contributed by atoms with Gasteiger partial charge in [0.15, 0.2) is 11.6 Å². The number of hydrogen-bond donors (Lipinski definition) is 1. The van der Waals surface area contributed by atoms with Crippen molar-refractivity contribution in [3.8, 4) is 0 Å². The van der Waals surface area contributed by atoms with Crippen LogP contribution < -0.4 is 4.90 Å². The molecule has 0 radical (unpaired) electrons. The number of pyridine rings is 1. The summed E-state index contributed by atoms with van der Waals surface area (Å²) in [7, 11) is 1.79. The topological polar surface area (TPSA) is 53.4 Å². The molecule has 19 heavy (non-hydrogen) atoms. The zero-order valence-corrected chi connectivity index (χ0v) is 11.3. The third-order valence-electron chi connectivity index (χ3n) is 3.89. The van der Waals surface area contributed by atoms with E-state index in [4.69, 9.17) is 5.11 Å². The van der Waals surface area contributed by atoms with Crippen molar-refractivity contribution in [1.29, 1.82) is 0 Å². The molecule has 2 unspecified atom stereocenters. The number of rotatable bonds is 3. The predicted octanol–water partition coefficient (Wildman–Crippen LogP) is 2.93. The Kier molecular flexibility index (Phi) is 4.02. The molecule has 5 heteroatoms. The molecule has 0 spiro atoms. The van der Waals surface area contributed by atoms with Crippen molar-refractivity contribution >= 4 is 11.8 Å². The van der Waals surface area contributed by atoms with Crippen LogP contribution in [0.15, 0.2) is 12.3 Å². The Bertz CT molecular complexity index is 479. The summed E-state index contributed by atoms with van der Waals surface area (Å²) < 4.78 is 14.1. The van der Waals surface area contributed by atoms with E-state index in [1.54, 1.807) is 11.9 Å². The van der Waals surface area contributed by atoms with Gasteiger partial charge in [0, 0.05) is 19.3 Å². The minimum Gasteiger partial charge on any atom is -0.478 e. The standard InChI is InChI=1S/C14H19FN2O2/c1-9-4-3-5-10(8-9)17(2)13-12(15)11(14(18)19)6-7-16-13/h6-7,9-10H,3-5,8H2,1-2H3,(H,18,19). The van der Waals surface area contributed by atoms with Crippen molar-refractivity contribution in [2.45, 2.75) is 38.6 Å². The number of carboxylic acids is 1. The molecular weight excluding hydrogens is 247 g/mol. The van der Waals surface area contributed by atoms with E-state index >= 15 is 0 Å². The normalized spacial score (nSPS) is 23.1. The number of nitrogens with zero attached hydrogens (tertiary/aromatic N) is 2. The van der Waals surface area contributed by atoms with Crippen LogP contribution in [0.2, 0.25) is 0 Å². The predicted molar refractivity (Wildman–Crippen MR) is 71.0 cm³/mol. The summed E-state index contributed by atoms with van der Waals surface area (Å²) in [6.07, 6.45) is 5.67. The molecule has 0 amide bonds. The second-order valence-electron chi connectivity index (χ2n) is 5.34. The number of anilines is 1. The van der Waals surface area contributed by atoms with Crippen LogP contribution in [0.3, 0.4) is 0 Å². The highest BCUT2D eigenvalue weighted by Crippen LogP contribution is 2.30. The van der Waals surface area contributed by atoms with Crippen LogP contribution in [0.4, 0.5) is 10.2 Å². The molecule has 1 aliphatic carbocycles. The zero-order valence-electron chi connectivity index (χ0n) is 11.3. The van der Waals surface area contributed by atoms with E-state index in [0.29, 0.717) is 5.92 Å². The molecule has 1 aliphatic rings. The van der Waals surface area contributed by atoms with Crippen LogP contribution in [0.1, 0.15) is 43.0 Å². The van der Waals surface area contributed by atoms with Gasteiger partial charge in [-0.3, -0.25) is 0 Å². The molecule has 4 nitrogen and oxygen atoms in total. The molecule has 0 aromatic carbocycles. The van der Waals surface area contributed by atoms with Crippen LogP contribution in [0.25, 0.3) is 0 Å². The van der Waals surface area contributed by atoms with Crippen LogP contribution >= 0.6 is 0 Å². The van der Waals surface area contributed by atoms with Gasteiger partial charge in [-0.1, -0.05) is 19.8 Å². The van der Waals surface area contributed by atoms with Gasteiger partial charge in [-0.05, 0) is 24.8 Å². The summed E-state index contributed by atoms with van der Waals surface area (Å²) in [5.74, 6) is -1.24. The smallest absolute Gasteiger partial charge is 0.338 e. The number of hydrogen-bond acceptors (Lipinski definition) is 3. The Hall–Kier alpha value is -1.65. The summed E-state index contributed by atoms with van der Waals surface area (Å²) in [6, 6.07) is 1.42. The van der Waals surface area contributed by atoms with Crippen LogP contribution in [0.5, 0.6) is 0 Å². The Morgan fingerprint density at radius 2 is 2.26 bits per heavy atom. The quantitative estimate of drug-likeness (QED) is 0.914. The summed E-state index contributed by atoms with van der Waals surface area (Å²) >= 11 is 0. The van der Waals surface area contributed by atoms with Gasteiger partial charge in [-0.15, -0.1) is 0 Å². The number of halogens is 1. The maximum Gasteiger partial charge on any atom is 0.338 e. The van der Waals surface area contributed by atoms with Gasteiger partial charge < -0.3 is 10.0 Å². The van der Waals surface area contributed by atoms with Crippen molar-refractivity contribution < 1.29 is 14.3 Å². The van der Waals surface area contributed by atoms with E-state index in [2.05, 4.69) is 11.9 Å². The van der Waals surface area contributed by atoms with E-state index < -0.39 is 11.8 Å². The second kappa shape index (κ2) is 5.55. The van der Waals surface area contributed by atoms with E-state index in [1.807, 2.05) is 0 Å². The summed E-state index contributed by atoms with van der Waals surface area (Å²) in [5.41, 5.74) is -0.319. The molecule has 1 aromatic heterocycles. The molecule has 1 saturated carbocycles. The molecule has 0 aliphatic heterocycles. The first-order valence-electron chi connectivity index (χ1n) is 6.61. The largest absolute Gasteiger partial charge is 0.478 e. The third-order valence-corrected chi connectivity index (χ3v) is 3.89. The van der Waals surface area contributed by atoms with Gasteiger partial charge in [-0.25, -0.2) is 14.2 Å². The Morgan fingerprint density at radius 1 is 1.53 bits per heavy atom. The van der Waals surface area contributed by atoms with Crippen molar-refractivity contribution in [3.63, 3.8) is 0 Å². The Balaban J connectivity index is 2.26. The van der Waals surface area contributed by atoms with Crippen LogP contribution in [-0.2, 0) is 0 Å². The number of carbonyl (C=O) groups is 1. The van der Waals surface area contributed by atoms with E-state index in [-0.39, 0.29) is 17.4 Å². The lowest BCUT2D eigenvalue weighted by Crippen LogP contribution is -2.36. The fraction of sp³-hybridized carbons (Fsp3) is 0.571. The highest BCUT2D eigenvalue weighted by Gasteiger charge is 2.26. The summed E-state index contributed by atoms with van der Waals surface area (Å²) in [6.45, 7) is 2.19. The molecule has 1 fully saturated rings. The van der Waals surface area contributed by atoms with Gasteiger partial charge in [0.25, 0.3) is 0 Å². The molecule has 2 rings (SSSR count). The molecule has 104 valence electrons. The summed E-state index contributed by atoms with van der Waals surface area (Å²) in [4.78, 5) is 16.7. The van der Waals surface area contributed by atoms with E-state index in [1.165, 1.54) is 18.7 Å². The highest BCUT2D eigenvalue weighted by molar-refractivity contribution is 5.88. The molecular formula is C14H19FN2O2. The Morgan fingerprint density at radius 3 is 2.89 bits per heavy atom. The average Bonchev–Trinajstić information content (AvgIpc) is 2.38. The summed E-state index contributed by atoms with van der Waals surface area (Å²) in [5, 5.41) is 8.94. The van der Waals surface area contributed by atoms with Gasteiger partial charge in [0.05, 0.1) is 0 Å². The second-order valence-corrected chi connectivity index (χ2v) is 5.34. The molecule has 0 bridgehead atoms. The molecule has 1 heterocycles. The molecule has 2 atom stereocenters. The van der Waals surface area contributed by atoms with Crippen molar-refractivity contribution in [3.05, 3.63) is 23.6 Å². The van der Waals surface area contributed by atoms with Crippen molar-refractivity contribution in [2.24, 2.45) is 5.92 Å². The Labute approximate surface area is 112 Å².